The highest BCUT2D eigenvalue weighted by Gasteiger charge is 2.17. The van der Waals surface area contributed by atoms with Gasteiger partial charge in [0.2, 0.25) is 10.5 Å². The molecule has 0 saturated carbocycles. The third-order valence-electron chi connectivity index (χ3n) is 3.78. The van der Waals surface area contributed by atoms with Gasteiger partial charge in [0.05, 0.1) is 12.1 Å². The predicted molar refractivity (Wildman–Crippen MR) is 96.0 cm³/mol. The number of hydrogen-bond donors (Lipinski definition) is 0. The van der Waals surface area contributed by atoms with Gasteiger partial charge in [0.15, 0.2) is 5.78 Å². The molecular weight excluding hydrogens is 304 g/mol. The van der Waals surface area contributed by atoms with E-state index in [4.69, 9.17) is 0 Å². The molecule has 2 aromatic carbocycles. The van der Waals surface area contributed by atoms with Crippen LogP contribution in [0.3, 0.4) is 0 Å². The summed E-state index contributed by atoms with van der Waals surface area (Å²) in [6, 6.07) is 15.9. The zero-order valence-electron chi connectivity index (χ0n) is 13.3. The number of thiazole rings is 1. The summed E-state index contributed by atoms with van der Waals surface area (Å²) < 4.78 is 3.62. The summed E-state index contributed by atoms with van der Waals surface area (Å²) >= 11 is 1.80. The Morgan fingerprint density at radius 3 is 2.70 bits per heavy atom. The predicted octanol–water partition coefficient (Wildman–Crippen LogP) is 4.36. The van der Waals surface area contributed by atoms with Crippen molar-refractivity contribution in [1.82, 2.24) is 0 Å². The summed E-state index contributed by atoms with van der Waals surface area (Å²) in [6.45, 7) is 4.67. The monoisotopic (exact) mass is 323 g/mol. The number of carbonyl (C=O) groups excluding carboxylic acids is 1. The van der Waals surface area contributed by atoms with Crippen LogP contribution in [-0.4, -0.2) is 12.0 Å². The second-order valence-corrected chi connectivity index (χ2v) is 6.41. The lowest BCUT2D eigenvalue weighted by Gasteiger charge is -2.00. The number of carbonyl (C=O) groups is 1. The summed E-state index contributed by atoms with van der Waals surface area (Å²) in [6.07, 6.45) is 2.66. The fraction of sp³-hybridized carbons (Fsp3) is 0.211. The lowest BCUT2D eigenvalue weighted by molar-refractivity contribution is -0.670. The van der Waals surface area contributed by atoms with Crippen LogP contribution in [0, 0.1) is 0 Å². The minimum atomic E-state index is 0.0447. The molecule has 0 aliphatic heterocycles. The minimum absolute atomic E-state index is 0.0447. The number of fused-ring (bicyclic) bond motifs is 1. The van der Waals surface area contributed by atoms with Gasteiger partial charge < -0.3 is 0 Å². The average Bonchev–Trinajstić information content (AvgIpc) is 2.92. The Morgan fingerprint density at radius 2 is 1.91 bits per heavy atom. The maximum Gasteiger partial charge on any atom is 0.243 e. The van der Waals surface area contributed by atoms with Gasteiger partial charge in [-0.25, -0.2) is 0 Å². The second kappa shape index (κ2) is 6.84. The van der Waals surface area contributed by atoms with Crippen molar-refractivity contribution in [3.05, 3.63) is 59.1 Å². The van der Waals surface area contributed by atoms with Gasteiger partial charge in [-0.3, -0.25) is 9.79 Å². The van der Waals surface area contributed by atoms with E-state index in [-0.39, 0.29) is 5.78 Å². The molecule has 3 nitrogen and oxygen atoms in total. The van der Waals surface area contributed by atoms with Gasteiger partial charge in [-0.2, -0.15) is 4.57 Å². The maximum atomic E-state index is 11.6. The molecule has 0 aliphatic rings. The van der Waals surface area contributed by atoms with E-state index < -0.39 is 0 Å². The fourth-order valence-electron chi connectivity index (χ4n) is 2.69. The molecule has 0 fully saturated rings. The molecule has 0 spiro atoms. The molecule has 0 saturated heterocycles. The van der Waals surface area contributed by atoms with Crippen LogP contribution in [0.25, 0.3) is 10.2 Å². The minimum Gasteiger partial charge on any atom is -0.294 e. The first-order valence-corrected chi connectivity index (χ1v) is 8.55. The van der Waals surface area contributed by atoms with Crippen molar-refractivity contribution in [2.45, 2.75) is 26.8 Å². The van der Waals surface area contributed by atoms with Crippen molar-refractivity contribution >= 4 is 39.2 Å². The Hall–Kier alpha value is -2.33. The summed E-state index contributed by atoms with van der Waals surface area (Å²) in [5, 5.41) is 1.28. The molecule has 1 aromatic heterocycles. The number of nitrogens with zero attached hydrogens (tertiary/aromatic N) is 2. The zero-order valence-corrected chi connectivity index (χ0v) is 14.1. The van der Waals surface area contributed by atoms with Crippen LogP contribution in [0.2, 0.25) is 0 Å². The second-order valence-electron chi connectivity index (χ2n) is 5.30. The van der Waals surface area contributed by atoms with Crippen LogP contribution in [0.5, 0.6) is 0 Å². The Labute approximate surface area is 139 Å². The largest absolute Gasteiger partial charge is 0.294 e. The van der Waals surface area contributed by atoms with Crippen LogP contribution in [0.4, 0.5) is 5.69 Å². The van der Waals surface area contributed by atoms with Gasteiger partial charge in [-0.05, 0) is 32.0 Å². The van der Waals surface area contributed by atoms with E-state index >= 15 is 0 Å². The number of para-hydroxylation sites is 2. The molecule has 0 bridgehead atoms. The highest BCUT2D eigenvalue weighted by Crippen LogP contribution is 2.21. The fourth-order valence-corrected chi connectivity index (χ4v) is 3.87. The summed E-state index contributed by atoms with van der Waals surface area (Å²) in [5.74, 6) is 0.0447. The lowest BCUT2D eigenvalue weighted by atomic mass is 10.1. The first kappa shape index (κ1) is 15.6. The van der Waals surface area contributed by atoms with E-state index in [0.717, 1.165) is 18.7 Å². The Kier molecular flexibility index (Phi) is 4.63. The normalized spacial score (nSPS) is 11.4. The molecule has 3 aromatic rings. The molecule has 1 heterocycles. The number of benzene rings is 2. The van der Waals surface area contributed by atoms with Gasteiger partial charge in [0, 0.05) is 17.8 Å². The molecule has 0 unspecified atom stereocenters. The molecule has 116 valence electrons. The Balaban J connectivity index is 1.88. The third-order valence-corrected chi connectivity index (χ3v) is 4.97. The van der Waals surface area contributed by atoms with Gasteiger partial charge in [-0.15, -0.1) is 0 Å². The Bertz CT molecular complexity index is 880. The molecule has 0 atom stereocenters. The number of aliphatic imine (C=N–C) groups is 1. The van der Waals surface area contributed by atoms with Gasteiger partial charge in [0.25, 0.3) is 0 Å². The van der Waals surface area contributed by atoms with E-state index in [1.807, 2.05) is 30.5 Å². The van der Waals surface area contributed by atoms with Crippen LogP contribution in [0.15, 0.2) is 53.5 Å². The molecule has 0 amide bonds. The van der Waals surface area contributed by atoms with Gasteiger partial charge in [0.1, 0.15) is 11.2 Å². The maximum absolute atomic E-state index is 11.6. The van der Waals surface area contributed by atoms with E-state index in [2.05, 4.69) is 40.7 Å². The topological polar surface area (TPSA) is 33.3 Å². The van der Waals surface area contributed by atoms with E-state index in [9.17, 15) is 4.79 Å². The first-order valence-electron chi connectivity index (χ1n) is 7.73. The number of Topliss-reactive ketones (excluding diaryl/α,β-unsaturated/α-hetero) is 1. The summed E-state index contributed by atoms with van der Waals surface area (Å²) in [4.78, 5) is 16.2. The van der Waals surface area contributed by atoms with E-state index in [1.54, 1.807) is 18.3 Å². The van der Waals surface area contributed by atoms with Crippen molar-refractivity contribution in [2.24, 2.45) is 4.99 Å². The van der Waals surface area contributed by atoms with Crippen molar-refractivity contribution < 1.29 is 9.36 Å². The van der Waals surface area contributed by atoms with Crippen molar-refractivity contribution in [2.75, 3.05) is 0 Å². The SMILES string of the molecule is CC[n+]1c(CC=Nc2ccccc2C(C)=O)sc2ccccc21. The number of aromatic nitrogens is 1. The van der Waals surface area contributed by atoms with Crippen LogP contribution in [-0.2, 0) is 13.0 Å². The van der Waals surface area contributed by atoms with Gasteiger partial charge >= 0.3 is 0 Å². The number of aryl methyl sites for hydroxylation is 1. The van der Waals surface area contributed by atoms with Crippen LogP contribution in [0.1, 0.15) is 29.2 Å². The molecule has 0 radical (unpaired) electrons. The highest BCUT2D eigenvalue weighted by molar-refractivity contribution is 7.18. The molecule has 23 heavy (non-hydrogen) atoms. The van der Waals surface area contributed by atoms with Crippen molar-refractivity contribution in [3.8, 4) is 0 Å². The zero-order chi connectivity index (χ0) is 16.2. The molecule has 4 heteroatoms. The smallest absolute Gasteiger partial charge is 0.243 e. The average molecular weight is 323 g/mol. The van der Waals surface area contributed by atoms with Crippen molar-refractivity contribution in [1.29, 1.82) is 0 Å². The number of rotatable bonds is 5. The highest BCUT2D eigenvalue weighted by atomic mass is 32.1. The molecule has 3 rings (SSSR count). The van der Waals surface area contributed by atoms with Crippen molar-refractivity contribution in [3.63, 3.8) is 0 Å². The Morgan fingerprint density at radius 1 is 1.17 bits per heavy atom. The number of hydrogen-bond acceptors (Lipinski definition) is 3. The van der Waals surface area contributed by atoms with Gasteiger partial charge in [-0.1, -0.05) is 35.6 Å². The quantitative estimate of drug-likeness (QED) is 0.390. The summed E-state index contributed by atoms with van der Waals surface area (Å²) in [7, 11) is 0. The molecular formula is C19H19N2OS+. The third kappa shape index (κ3) is 3.22. The first-order chi connectivity index (χ1) is 11.2. The molecule has 0 N–H and O–H groups in total. The van der Waals surface area contributed by atoms with E-state index in [0.29, 0.717) is 5.56 Å². The van der Waals surface area contributed by atoms with Crippen LogP contribution < -0.4 is 4.57 Å². The number of ketones is 1. The molecule has 0 aliphatic carbocycles. The standard InChI is InChI=1S/C19H19N2OS/c1-3-21-17-10-6-7-11-18(17)23-19(21)12-13-20-16-9-5-4-8-15(16)14(2)22/h4-11,13H,3,12H2,1-2H3/q+1. The van der Waals surface area contributed by atoms with Crippen LogP contribution >= 0.6 is 11.3 Å². The summed E-state index contributed by atoms with van der Waals surface area (Å²) in [5.41, 5.74) is 2.68. The van der Waals surface area contributed by atoms with E-state index in [1.165, 1.54) is 15.2 Å². The lowest BCUT2D eigenvalue weighted by Crippen LogP contribution is -2.35.